The Balaban J connectivity index is 2.12. The molecule has 0 heterocycles. The molecule has 0 unspecified atom stereocenters. The average molecular weight is 373 g/mol. The van der Waals surface area contributed by atoms with E-state index in [1.54, 1.807) is 24.3 Å². The third kappa shape index (κ3) is 4.72. The summed E-state index contributed by atoms with van der Waals surface area (Å²) in [7, 11) is 4.46. The Morgan fingerprint density at radius 2 is 1.81 bits per heavy atom. The molecule has 0 aliphatic rings. The number of nitrogens with one attached hydrogen (secondary N) is 1. The van der Waals surface area contributed by atoms with E-state index < -0.39 is 10.8 Å². The number of para-hydroxylation sites is 1. The molecule has 0 saturated heterocycles. The molecule has 0 aliphatic heterocycles. The first-order valence-corrected chi connectivity index (χ1v) is 7.85. The van der Waals surface area contributed by atoms with Crippen LogP contribution >= 0.6 is 0 Å². The molecule has 0 aromatic heterocycles. The molecule has 142 valence electrons. The Labute approximate surface area is 155 Å². The van der Waals surface area contributed by atoms with Crippen LogP contribution in [0.5, 0.6) is 17.2 Å². The fourth-order valence-electron chi connectivity index (χ4n) is 2.45. The normalized spacial score (nSPS) is 10.5. The van der Waals surface area contributed by atoms with Crippen LogP contribution in [0.4, 0.5) is 5.69 Å². The first-order chi connectivity index (χ1) is 13.0. The summed E-state index contributed by atoms with van der Waals surface area (Å²) < 4.78 is 15.8. The predicted octanol–water partition coefficient (Wildman–Crippen LogP) is 2.31. The number of benzene rings is 2. The number of nitro groups is 1. The van der Waals surface area contributed by atoms with Crippen LogP contribution in [0.25, 0.3) is 0 Å². The molecule has 9 nitrogen and oxygen atoms in total. The fraction of sp³-hybridized carbons (Fsp3) is 0.222. The fourth-order valence-corrected chi connectivity index (χ4v) is 2.45. The molecule has 0 bridgehead atoms. The van der Waals surface area contributed by atoms with Crippen LogP contribution in [0.3, 0.4) is 0 Å². The average Bonchev–Trinajstić information content (AvgIpc) is 2.67. The summed E-state index contributed by atoms with van der Waals surface area (Å²) in [6, 6.07) is 9.42. The predicted molar refractivity (Wildman–Crippen MR) is 98.6 cm³/mol. The van der Waals surface area contributed by atoms with E-state index in [9.17, 15) is 14.9 Å². The van der Waals surface area contributed by atoms with Crippen LogP contribution in [-0.4, -0.2) is 38.4 Å². The zero-order valence-electron chi connectivity index (χ0n) is 15.1. The van der Waals surface area contributed by atoms with E-state index in [0.29, 0.717) is 28.4 Å². The Hall–Kier alpha value is -3.62. The maximum atomic E-state index is 12.0. The number of ether oxygens (including phenoxy) is 3. The molecule has 0 aliphatic carbocycles. The highest BCUT2D eigenvalue weighted by molar-refractivity contribution is 5.87. The van der Waals surface area contributed by atoms with Crippen LogP contribution < -0.4 is 19.6 Å². The van der Waals surface area contributed by atoms with Crippen LogP contribution in [0.1, 0.15) is 11.1 Å². The van der Waals surface area contributed by atoms with Gasteiger partial charge in [-0.05, 0) is 12.1 Å². The maximum Gasteiger partial charge on any atom is 0.273 e. The Morgan fingerprint density at radius 3 is 2.44 bits per heavy atom. The standard InChI is InChI=1S/C18H19N3O6/c1-25-15-9-8-13(17(26-2)18(15)27-3)11-19-20-16(22)10-12-6-4-5-7-14(12)21(23)24/h4-9,11H,10H2,1-3H3,(H,20,22)/b19-11+. The maximum absolute atomic E-state index is 12.0. The number of methoxy groups -OCH3 is 3. The van der Waals surface area contributed by atoms with Gasteiger partial charge in [0.1, 0.15) is 0 Å². The highest BCUT2D eigenvalue weighted by Crippen LogP contribution is 2.38. The molecule has 1 amide bonds. The van der Waals surface area contributed by atoms with Gasteiger partial charge in [0.25, 0.3) is 5.69 Å². The summed E-state index contributed by atoms with van der Waals surface area (Å²) in [6.07, 6.45) is 1.22. The van der Waals surface area contributed by atoms with Gasteiger partial charge in [-0.2, -0.15) is 5.10 Å². The van der Waals surface area contributed by atoms with Gasteiger partial charge in [0.2, 0.25) is 11.7 Å². The second-order valence-corrected chi connectivity index (χ2v) is 5.28. The lowest BCUT2D eigenvalue weighted by atomic mass is 10.1. The monoisotopic (exact) mass is 373 g/mol. The van der Waals surface area contributed by atoms with Crippen molar-refractivity contribution >= 4 is 17.8 Å². The molecule has 2 aromatic carbocycles. The van der Waals surface area contributed by atoms with E-state index in [4.69, 9.17) is 14.2 Å². The second kappa shape index (κ2) is 9.18. The highest BCUT2D eigenvalue weighted by Gasteiger charge is 2.16. The first kappa shape index (κ1) is 19.7. The van der Waals surface area contributed by atoms with Crippen LogP contribution in [-0.2, 0) is 11.2 Å². The molecule has 2 rings (SSSR count). The summed E-state index contributed by atoms with van der Waals surface area (Å²) in [5.74, 6) is 0.802. The molecule has 0 atom stereocenters. The van der Waals surface area contributed by atoms with Crippen molar-refractivity contribution in [3.05, 3.63) is 57.6 Å². The summed E-state index contributed by atoms with van der Waals surface area (Å²) in [5, 5.41) is 14.9. The number of carbonyl (C=O) groups excluding carboxylic acids is 1. The SMILES string of the molecule is COc1ccc(/C=N/NC(=O)Cc2ccccc2[N+](=O)[O-])c(OC)c1OC. The van der Waals surface area contributed by atoms with E-state index in [2.05, 4.69) is 10.5 Å². The van der Waals surface area contributed by atoms with Gasteiger partial charge < -0.3 is 14.2 Å². The Kier molecular flexibility index (Phi) is 6.70. The first-order valence-electron chi connectivity index (χ1n) is 7.85. The topological polar surface area (TPSA) is 112 Å². The van der Waals surface area contributed by atoms with Crippen molar-refractivity contribution in [1.82, 2.24) is 5.43 Å². The molecule has 0 fully saturated rings. The smallest absolute Gasteiger partial charge is 0.273 e. The van der Waals surface area contributed by atoms with Gasteiger partial charge in [-0.25, -0.2) is 5.43 Å². The van der Waals surface area contributed by atoms with Crippen LogP contribution in [0.15, 0.2) is 41.5 Å². The van der Waals surface area contributed by atoms with E-state index >= 15 is 0 Å². The van der Waals surface area contributed by atoms with Gasteiger partial charge in [-0.3, -0.25) is 14.9 Å². The Bertz CT molecular complexity index is 866. The van der Waals surface area contributed by atoms with Crippen molar-refractivity contribution in [3.8, 4) is 17.2 Å². The number of nitro benzene ring substituents is 1. The zero-order valence-corrected chi connectivity index (χ0v) is 15.1. The molecule has 1 N–H and O–H groups in total. The minimum atomic E-state index is -0.527. The molecular weight excluding hydrogens is 354 g/mol. The minimum absolute atomic E-state index is 0.113. The van der Waals surface area contributed by atoms with E-state index in [-0.39, 0.29) is 12.1 Å². The van der Waals surface area contributed by atoms with Gasteiger partial charge in [0, 0.05) is 17.2 Å². The second-order valence-electron chi connectivity index (χ2n) is 5.28. The zero-order chi connectivity index (χ0) is 19.8. The summed E-state index contributed by atoms with van der Waals surface area (Å²) in [6.45, 7) is 0. The van der Waals surface area contributed by atoms with Gasteiger partial charge in [0.15, 0.2) is 11.5 Å². The lowest BCUT2D eigenvalue weighted by Gasteiger charge is -2.13. The molecule has 2 aromatic rings. The highest BCUT2D eigenvalue weighted by atomic mass is 16.6. The Morgan fingerprint density at radius 1 is 1.11 bits per heavy atom. The number of hydrogen-bond donors (Lipinski definition) is 1. The third-order valence-corrected chi connectivity index (χ3v) is 3.67. The number of hydrogen-bond acceptors (Lipinski definition) is 7. The molecule has 0 saturated carbocycles. The van der Waals surface area contributed by atoms with Gasteiger partial charge >= 0.3 is 0 Å². The van der Waals surface area contributed by atoms with Gasteiger partial charge in [-0.15, -0.1) is 0 Å². The molecule has 9 heteroatoms. The van der Waals surface area contributed by atoms with Crippen molar-refractivity contribution in [3.63, 3.8) is 0 Å². The summed E-state index contributed by atoms with van der Waals surface area (Å²) >= 11 is 0. The van der Waals surface area contributed by atoms with Crippen molar-refractivity contribution in [2.24, 2.45) is 5.10 Å². The number of hydrazone groups is 1. The minimum Gasteiger partial charge on any atom is -0.493 e. The molecule has 27 heavy (non-hydrogen) atoms. The van der Waals surface area contributed by atoms with Crippen molar-refractivity contribution in [2.75, 3.05) is 21.3 Å². The lowest BCUT2D eigenvalue weighted by Crippen LogP contribution is -2.20. The van der Waals surface area contributed by atoms with Gasteiger partial charge in [-0.1, -0.05) is 18.2 Å². The van der Waals surface area contributed by atoms with Gasteiger partial charge in [0.05, 0.1) is 38.9 Å². The summed E-state index contributed by atoms with van der Waals surface area (Å²) in [4.78, 5) is 22.5. The van der Waals surface area contributed by atoms with Crippen LogP contribution in [0, 0.1) is 10.1 Å². The van der Waals surface area contributed by atoms with Crippen molar-refractivity contribution in [1.29, 1.82) is 0 Å². The van der Waals surface area contributed by atoms with E-state index in [1.165, 1.54) is 39.7 Å². The molecular formula is C18H19N3O6. The number of rotatable bonds is 8. The van der Waals surface area contributed by atoms with Crippen LogP contribution in [0.2, 0.25) is 0 Å². The number of amides is 1. The largest absolute Gasteiger partial charge is 0.493 e. The number of carbonyl (C=O) groups is 1. The quantitative estimate of drug-likeness (QED) is 0.432. The molecule has 0 spiro atoms. The third-order valence-electron chi connectivity index (χ3n) is 3.67. The lowest BCUT2D eigenvalue weighted by molar-refractivity contribution is -0.385. The number of nitrogens with zero attached hydrogens (tertiary/aromatic N) is 2. The van der Waals surface area contributed by atoms with Crippen molar-refractivity contribution in [2.45, 2.75) is 6.42 Å². The van der Waals surface area contributed by atoms with Crippen molar-refractivity contribution < 1.29 is 23.9 Å². The summed E-state index contributed by atoms with van der Waals surface area (Å²) in [5.41, 5.74) is 3.09. The van der Waals surface area contributed by atoms with E-state index in [1.807, 2.05) is 0 Å². The van der Waals surface area contributed by atoms with E-state index in [0.717, 1.165) is 0 Å². The molecule has 0 radical (unpaired) electrons.